The Morgan fingerprint density at radius 2 is 2.00 bits per heavy atom. The van der Waals surface area contributed by atoms with E-state index in [1.165, 1.54) is 5.56 Å². The summed E-state index contributed by atoms with van der Waals surface area (Å²) in [6.45, 7) is 6.77. The molecule has 27 heavy (non-hydrogen) atoms. The summed E-state index contributed by atoms with van der Waals surface area (Å²) in [5.41, 5.74) is 1.36. The summed E-state index contributed by atoms with van der Waals surface area (Å²) in [4.78, 5) is 6.87. The molecule has 0 bridgehead atoms. The first-order chi connectivity index (χ1) is 13.2. The van der Waals surface area contributed by atoms with Crippen LogP contribution in [0.15, 0.2) is 40.1 Å². The molecule has 1 aliphatic heterocycles. The van der Waals surface area contributed by atoms with Crippen LogP contribution in [-0.2, 0) is 19.6 Å². The van der Waals surface area contributed by atoms with Crippen LogP contribution in [0.2, 0.25) is 0 Å². The third-order valence-electron chi connectivity index (χ3n) is 4.92. The number of benzene rings is 1. The second-order valence-corrected chi connectivity index (χ2v) is 7.70. The summed E-state index contributed by atoms with van der Waals surface area (Å²) in [5.74, 6) is 1.75. The standard InChI is InChI=1S/C19H28BrN7/c1-3-27-14-23-25-18(27)12-22-19(21-2)24-17-8-10-26(11-9-17)13-15-4-6-16(20)7-5-15/h4-7,14,17H,3,8-13H2,1-2H3,(H2,21,22,24). The molecule has 2 aromatic rings. The molecule has 1 aromatic heterocycles. The molecule has 2 heterocycles. The van der Waals surface area contributed by atoms with E-state index in [9.17, 15) is 0 Å². The minimum Gasteiger partial charge on any atom is -0.354 e. The Balaban J connectivity index is 1.42. The lowest BCUT2D eigenvalue weighted by molar-refractivity contribution is 0.198. The number of aliphatic imine (C=N–C) groups is 1. The van der Waals surface area contributed by atoms with Crippen molar-refractivity contribution in [3.05, 3.63) is 46.5 Å². The van der Waals surface area contributed by atoms with Crippen molar-refractivity contribution in [2.24, 2.45) is 4.99 Å². The number of aromatic nitrogens is 3. The number of guanidine groups is 1. The summed E-state index contributed by atoms with van der Waals surface area (Å²) in [5, 5.41) is 15.0. The minimum absolute atomic E-state index is 0.446. The summed E-state index contributed by atoms with van der Waals surface area (Å²) in [6.07, 6.45) is 3.99. The topological polar surface area (TPSA) is 70.4 Å². The van der Waals surface area contributed by atoms with Crippen molar-refractivity contribution >= 4 is 21.9 Å². The van der Waals surface area contributed by atoms with Crippen molar-refractivity contribution in [1.29, 1.82) is 0 Å². The molecular weight excluding hydrogens is 406 g/mol. The lowest BCUT2D eigenvalue weighted by atomic mass is 10.0. The quantitative estimate of drug-likeness (QED) is 0.540. The Kier molecular flexibility index (Phi) is 7.23. The van der Waals surface area contributed by atoms with Gasteiger partial charge in [0.1, 0.15) is 6.33 Å². The first-order valence-electron chi connectivity index (χ1n) is 9.48. The maximum atomic E-state index is 4.35. The number of aryl methyl sites for hydroxylation is 1. The SMILES string of the molecule is CCn1cnnc1CNC(=NC)NC1CCN(Cc2ccc(Br)cc2)CC1. The van der Waals surface area contributed by atoms with E-state index >= 15 is 0 Å². The maximum Gasteiger partial charge on any atom is 0.191 e. The van der Waals surface area contributed by atoms with Crippen LogP contribution in [0, 0.1) is 0 Å². The number of likely N-dealkylation sites (tertiary alicyclic amines) is 1. The van der Waals surface area contributed by atoms with Crippen molar-refractivity contribution in [1.82, 2.24) is 30.3 Å². The van der Waals surface area contributed by atoms with Crippen LogP contribution >= 0.6 is 15.9 Å². The van der Waals surface area contributed by atoms with E-state index in [1.54, 1.807) is 6.33 Å². The third kappa shape index (κ3) is 5.77. The number of hydrogen-bond acceptors (Lipinski definition) is 4. The van der Waals surface area contributed by atoms with Crippen molar-refractivity contribution in [2.75, 3.05) is 20.1 Å². The molecule has 0 radical (unpaired) electrons. The second-order valence-electron chi connectivity index (χ2n) is 6.78. The molecule has 0 atom stereocenters. The zero-order chi connectivity index (χ0) is 19.1. The summed E-state index contributed by atoms with van der Waals surface area (Å²) < 4.78 is 3.16. The van der Waals surface area contributed by atoms with Crippen LogP contribution in [0.25, 0.3) is 0 Å². The van der Waals surface area contributed by atoms with Gasteiger partial charge in [-0.25, -0.2) is 0 Å². The van der Waals surface area contributed by atoms with Gasteiger partial charge in [0.05, 0.1) is 6.54 Å². The second kappa shape index (κ2) is 9.85. The van der Waals surface area contributed by atoms with E-state index in [0.717, 1.165) is 55.3 Å². The van der Waals surface area contributed by atoms with Gasteiger partial charge in [0, 0.05) is 43.7 Å². The van der Waals surface area contributed by atoms with Crippen LogP contribution in [0.4, 0.5) is 0 Å². The monoisotopic (exact) mass is 433 g/mol. The molecule has 1 aliphatic rings. The summed E-state index contributed by atoms with van der Waals surface area (Å²) in [6, 6.07) is 9.04. The van der Waals surface area contributed by atoms with Gasteiger partial charge in [0.15, 0.2) is 11.8 Å². The number of nitrogens with one attached hydrogen (secondary N) is 2. The molecular formula is C19H28BrN7. The normalized spacial score (nSPS) is 16.5. The largest absolute Gasteiger partial charge is 0.354 e. The number of hydrogen-bond donors (Lipinski definition) is 2. The molecule has 3 rings (SSSR count). The zero-order valence-electron chi connectivity index (χ0n) is 16.0. The third-order valence-corrected chi connectivity index (χ3v) is 5.45. The Morgan fingerprint density at radius 1 is 1.26 bits per heavy atom. The number of nitrogens with zero attached hydrogens (tertiary/aromatic N) is 5. The Hall–Kier alpha value is -1.93. The smallest absolute Gasteiger partial charge is 0.191 e. The van der Waals surface area contributed by atoms with E-state index in [4.69, 9.17) is 0 Å². The van der Waals surface area contributed by atoms with Crippen LogP contribution in [0.3, 0.4) is 0 Å². The number of halogens is 1. The highest BCUT2D eigenvalue weighted by molar-refractivity contribution is 9.10. The molecule has 1 aromatic carbocycles. The van der Waals surface area contributed by atoms with E-state index in [-0.39, 0.29) is 0 Å². The highest BCUT2D eigenvalue weighted by atomic mass is 79.9. The van der Waals surface area contributed by atoms with E-state index in [1.807, 2.05) is 11.6 Å². The highest BCUT2D eigenvalue weighted by Crippen LogP contribution is 2.16. The molecule has 2 N–H and O–H groups in total. The van der Waals surface area contributed by atoms with Crippen LogP contribution < -0.4 is 10.6 Å². The van der Waals surface area contributed by atoms with Crippen LogP contribution in [0.5, 0.6) is 0 Å². The van der Waals surface area contributed by atoms with Gasteiger partial charge >= 0.3 is 0 Å². The zero-order valence-corrected chi connectivity index (χ0v) is 17.6. The van der Waals surface area contributed by atoms with Gasteiger partial charge in [-0.05, 0) is 37.5 Å². The number of piperidine rings is 1. The molecule has 7 nitrogen and oxygen atoms in total. The van der Waals surface area contributed by atoms with Gasteiger partial charge in [-0.2, -0.15) is 0 Å². The van der Waals surface area contributed by atoms with Crippen molar-refractivity contribution in [3.8, 4) is 0 Å². The summed E-state index contributed by atoms with van der Waals surface area (Å²) >= 11 is 3.49. The minimum atomic E-state index is 0.446. The molecule has 0 unspecified atom stereocenters. The van der Waals surface area contributed by atoms with Gasteiger partial charge in [-0.1, -0.05) is 28.1 Å². The van der Waals surface area contributed by atoms with Gasteiger partial charge in [-0.15, -0.1) is 10.2 Å². The molecule has 1 fully saturated rings. The highest BCUT2D eigenvalue weighted by Gasteiger charge is 2.20. The molecule has 0 amide bonds. The van der Waals surface area contributed by atoms with Crippen molar-refractivity contribution < 1.29 is 0 Å². The van der Waals surface area contributed by atoms with Crippen molar-refractivity contribution in [2.45, 2.75) is 45.4 Å². The Morgan fingerprint density at radius 3 is 2.67 bits per heavy atom. The maximum absolute atomic E-state index is 4.35. The fraction of sp³-hybridized carbons (Fsp3) is 0.526. The molecule has 0 spiro atoms. The average molecular weight is 434 g/mol. The molecule has 8 heteroatoms. The first kappa shape index (κ1) is 19.8. The lowest BCUT2D eigenvalue weighted by Crippen LogP contribution is -2.48. The molecule has 146 valence electrons. The molecule has 0 aliphatic carbocycles. The van der Waals surface area contributed by atoms with Gasteiger partial charge in [0.25, 0.3) is 0 Å². The van der Waals surface area contributed by atoms with Crippen LogP contribution in [-0.4, -0.2) is 51.8 Å². The molecule has 1 saturated heterocycles. The fourth-order valence-electron chi connectivity index (χ4n) is 3.31. The summed E-state index contributed by atoms with van der Waals surface area (Å²) in [7, 11) is 1.81. The van der Waals surface area contributed by atoms with E-state index < -0.39 is 0 Å². The Bertz CT molecular complexity index is 733. The Labute approximate surface area is 169 Å². The van der Waals surface area contributed by atoms with Gasteiger partial charge in [0.2, 0.25) is 0 Å². The fourth-order valence-corrected chi connectivity index (χ4v) is 3.58. The predicted molar refractivity (Wildman–Crippen MR) is 111 cm³/mol. The van der Waals surface area contributed by atoms with Gasteiger partial charge in [-0.3, -0.25) is 9.89 Å². The van der Waals surface area contributed by atoms with E-state index in [2.05, 4.69) is 77.8 Å². The first-order valence-corrected chi connectivity index (χ1v) is 10.3. The van der Waals surface area contributed by atoms with E-state index in [0.29, 0.717) is 12.6 Å². The molecule has 0 saturated carbocycles. The van der Waals surface area contributed by atoms with Gasteiger partial charge < -0.3 is 15.2 Å². The average Bonchev–Trinajstić information content (AvgIpc) is 3.16. The number of rotatable bonds is 6. The van der Waals surface area contributed by atoms with Crippen molar-refractivity contribution in [3.63, 3.8) is 0 Å². The predicted octanol–water partition coefficient (Wildman–Crippen LogP) is 2.39. The van der Waals surface area contributed by atoms with Crippen LogP contribution in [0.1, 0.15) is 31.2 Å². The lowest BCUT2D eigenvalue weighted by Gasteiger charge is -2.33.